The number of hydrogen-bond donors (Lipinski definition) is 0. The molecule has 0 spiro atoms. The van der Waals surface area contributed by atoms with E-state index in [1.54, 1.807) is 0 Å². The van der Waals surface area contributed by atoms with E-state index >= 15 is 0 Å². The highest BCUT2D eigenvalue weighted by Gasteiger charge is 2.24. The maximum absolute atomic E-state index is 11.7. The van der Waals surface area contributed by atoms with Crippen LogP contribution in [0.3, 0.4) is 0 Å². The van der Waals surface area contributed by atoms with Crippen LogP contribution in [0.25, 0.3) is 5.57 Å². The predicted molar refractivity (Wildman–Crippen MR) is 109 cm³/mol. The topological polar surface area (TPSA) is 26.3 Å². The van der Waals surface area contributed by atoms with E-state index in [4.69, 9.17) is 4.74 Å². The highest BCUT2D eigenvalue weighted by Crippen LogP contribution is 2.39. The van der Waals surface area contributed by atoms with Gasteiger partial charge in [-0.05, 0) is 35.3 Å². The summed E-state index contributed by atoms with van der Waals surface area (Å²) in [5.74, 6) is -0.307. The molecule has 0 aromatic heterocycles. The van der Waals surface area contributed by atoms with Crippen LogP contribution in [0.2, 0.25) is 19.6 Å². The Balaban J connectivity index is 2.50. The van der Waals surface area contributed by atoms with Gasteiger partial charge >= 0.3 is 5.97 Å². The van der Waals surface area contributed by atoms with Crippen LogP contribution in [0.15, 0.2) is 66.4 Å². The molecule has 2 rings (SSSR count). The van der Waals surface area contributed by atoms with Crippen molar-refractivity contribution in [2.24, 2.45) is 5.41 Å². The van der Waals surface area contributed by atoms with Crippen LogP contribution in [0.4, 0.5) is 0 Å². The van der Waals surface area contributed by atoms with Crippen molar-refractivity contribution in [1.29, 1.82) is 0 Å². The molecule has 2 nitrogen and oxygen atoms in total. The summed E-state index contributed by atoms with van der Waals surface area (Å²) in [6, 6.07) is 7.67. The molecule has 0 bridgehead atoms. The van der Waals surface area contributed by atoms with Gasteiger partial charge in [-0.25, -0.2) is 4.79 Å². The summed E-state index contributed by atoms with van der Waals surface area (Å²) in [6.45, 7) is 13.1. The molecule has 25 heavy (non-hydrogen) atoms. The number of allylic oxidation sites excluding steroid dienone is 6. The number of rotatable bonds is 5. The molecular formula is C22H28O2Si. The standard InChI is InChI=1S/C22H28O2Si/c1-7-13-22(2)14-12-19(16-25(4,5)6)20(15-22)17-8-10-18(11-9-17)21(23)24-3/h7-12,14-16H,1,13H2,2-6H3. The number of esters is 1. The first-order valence-corrected chi connectivity index (χ1v) is 12.2. The normalized spacial score (nSPS) is 21.8. The molecule has 1 aliphatic carbocycles. The molecule has 0 fully saturated rings. The third kappa shape index (κ3) is 4.92. The predicted octanol–water partition coefficient (Wildman–Crippen LogP) is 5.81. The second-order valence-corrected chi connectivity index (χ2v) is 12.9. The third-order valence-corrected chi connectivity index (χ3v) is 5.40. The molecule has 0 aliphatic heterocycles. The van der Waals surface area contributed by atoms with Crippen molar-refractivity contribution in [3.8, 4) is 0 Å². The van der Waals surface area contributed by atoms with E-state index in [1.165, 1.54) is 18.3 Å². The van der Waals surface area contributed by atoms with Gasteiger partial charge in [-0.1, -0.05) is 68.7 Å². The van der Waals surface area contributed by atoms with Gasteiger partial charge < -0.3 is 4.74 Å². The average molecular weight is 353 g/mol. The lowest BCUT2D eigenvalue weighted by Gasteiger charge is -2.28. The first kappa shape index (κ1) is 19.2. The Morgan fingerprint density at radius 1 is 1.24 bits per heavy atom. The zero-order valence-corrected chi connectivity index (χ0v) is 16.9. The van der Waals surface area contributed by atoms with Gasteiger partial charge in [-0.3, -0.25) is 0 Å². The molecule has 0 N–H and O–H groups in total. The molecule has 1 aromatic rings. The lowest BCUT2D eigenvalue weighted by molar-refractivity contribution is 0.0600. The van der Waals surface area contributed by atoms with Gasteiger partial charge in [0.05, 0.1) is 20.7 Å². The van der Waals surface area contributed by atoms with Gasteiger partial charge in [-0.2, -0.15) is 0 Å². The molecule has 1 aliphatic rings. The van der Waals surface area contributed by atoms with Gasteiger partial charge in [0.15, 0.2) is 0 Å². The highest BCUT2D eigenvalue weighted by atomic mass is 28.3. The maximum atomic E-state index is 11.7. The van der Waals surface area contributed by atoms with Gasteiger partial charge in [-0.15, -0.1) is 6.58 Å². The van der Waals surface area contributed by atoms with Crippen molar-refractivity contribution in [3.05, 3.63) is 77.5 Å². The van der Waals surface area contributed by atoms with Gasteiger partial charge in [0.1, 0.15) is 0 Å². The Morgan fingerprint density at radius 2 is 1.88 bits per heavy atom. The maximum Gasteiger partial charge on any atom is 0.337 e. The van der Waals surface area contributed by atoms with Crippen LogP contribution in [0, 0.1) is 5.41 Å². The van der Waals surface area contributed by atoms with Crippen molar-refractivity contribution in [2.45, 2.75) is 33.0 Å². The van der Waals surface area contributed by atoms with Crippen LogP contribution in [-0.4, -0.2) is 21.2 Å². The van der Waals surface area contributed by atoms with Crippen molar-refractivity contribution in [1.82, 2.24) is 0 Å². The molecule has 3 heteroatoms. The molecule has 0 radical (unpaired) electrons. The summed E-state index contributed by atoms with van der Waals surface area (Å²) in [4.78, 5) is 11.7. The summed E-state index contributed by atoms with van der Waals surface area (Å²) in [5.41, 5.74) is 6.59. The van der Waals surface area contributed by atoms with Gasteiger partial charge in [0.2, 0.25) is 0 Å². The summed E-state index contributed by atoms with van der Waals surface area (Å²) < 4.78 is 4.79. The molecule has 132 valence electrons. The number of carbonyl (C=O) groups is 1. The van der Waals surface area contributed by atoms with Crippen LogP contribution in [-0.2, 0) is 4.74 Å². The second kappa shape index (κ2) is 7.40. The smallest absolute Gasteiger partial charge is 0.337 e. The average Bonchev–Trinajstić information content (AvgIpc) is 2.55. The van der Waals surface area contributed by atoms with E-state index < -0.39 is 8.07 Å². The van der Waals surface area contributed by atoms with E-state index in [1.807, 2.05) is 30.3 Å². The summed E-state index contributed by atoms with van der Waals surface area (Å²) in [6.07, 6.45) is 9.70. The third-order valence-electron chi connectivity index (χ3n) is 4.22. The Morgan fingerprint density at radius 3 is 2.40 bits per heavy atom. The van der Waals surface area contributed by atoms with Gasteiger partial charge in [0, 0.05) is 5.41 Å². The van der Waals surface area contributed by atoms with E-state index in [0.29, 0.717) is 5.56 Å². The fourth-order valence-electron chi connectivity index (χ4n) is 3.02. The Labute approximate surface area is 152 Å². The fraction of sp³-hybridized carbons (Fsp3) is 0.318. The number of ether oxygens (including phenoxy) is 1. The Hall–Kier alpha value is -2.13. The van der Waals surface area contributed by atoms with Crippen LogP contribution >= 0.6 is 0 Å². The second-order valence-electron chi connectivity index (χ2n) is 7.92. The summed E-state index contributed by atoms with van der Waals surface area (Å²) in [7, 11) is 0.0359. The van der Waals surface area contributed by atoms with Gasteiger partial charge in [0.25, 0.3) is 0 Å². The van der Waals surface area contributed by atoms with E-state index in [0.717, 1.165) is 12.0 Å². The first-order valence-electron chi connectivity index (χ1n) is 8.62. The molecule has 0 saturated carbocycles. The monoisotopic (exact) mass is 352 g/mol. The van der Waals surface area contributed by atoms with Crippen LogP contribution < -0.4 is 0 Å². The summed E-state index contributed by atoms with van der Waals surface area (Å²) in [5, 5.41) is 0. The zero-order valence-electron chi connectivity index (χ0n) is 15.9. The molecule has 1 aromatic carbocycles. The minimum absolute atomic E-state index is 0.0329. The molecule has 1 unspecified atom stereocenters. The highest BCUT2D eigenvalue weighted by molar-refractivity contribution is 6.81. The lowest BCUT2D eigenvalue weighted by Crippen LogP contribution is -2.19. The SMILES string of the molecule is C=CCC1(C)C=CC(=C[Si](C)(C)C)C(c2ccc(C(=O)OC)cc2)=C1. The Bertz CT molecular complexity index is 745. The zero-order chi connectivity index (χ0) is 18.7. The number of carbonyl (C=O) groups excluding carboxylic acids is 1. The van der Waals surface area contributed by atoms with Crippen LogP contribution in [0.5, 0.6) is 0 Å². The fourth-order valence-corrected chi connectivity index (χ4v) is 4.20. The largest absolute Gasteiger partial charge is 0.465 e. The van der Waals surface area contributed by atoms with Crippen LogP contribution in [0.1, 0.15) is 29.3 Å². The number of methoxy groups -OCH3 is 1. The van der Waals surface area contributed by atoms with Crippen molar-refractivity contribution in [3.63, 3.8) is 0 Å². The van der Waals surface area contributed by atoms with Crippen molar-refractivity contribution in [2.75, 3.05) is 7.11 Å². The van der Waals surface area contributed by atoms with Crippen molar-refractivity contribution >= 4 is 19.6 Å². The Kier molecular flexibility index (Phi) is 5.68. The number of benzene rings is 1. The van der Waals surface area contributed by atoms with E-state index in [-0.39, 0.29) is 11.4 Å². The molecular weight excluding hydrogens is 324 g/mol. The van der Waals surface area contributed by atoms with E-state index in [2.05, 4.69) is 57.1 Å². The summed E-state index contributed by atoms with van der Waals surface area (Å²) >= 11 is 0. The number of hydrogen-bond acceptors (Lipinski definition) is 2. The molecule has 0 amide bonds. The molecule has 0 heterocycles. The van der Waals surface area contributed by atoms with E-state index in [9.17, 15) is 4.79 Å². The minimum Gasteiger partial charge on any atom is -0.465 e. The quantitative estimate of drug-likeness (QED) is 0.379. The molecule has 1 atom stereocenters. The minimum atomic E-state index is -1.37. The lowest BCUT2D eigenvalue weighted by atomic mass is 9.77. The first-order chi connectivity index (χ1) is 11.7. The van der Waals surface area contributed by atoms with Crippen molar-refractivity contribution < 1.29 is 9.53 Å². The molecule has 0 saturated heterocycles.